The van der Waals surface area contributed by atoms with Crippen molar-refractivity contribution in [1.29, 1.82) is 0 Å². The van der Waals surface area contributed by atoms with Crippen LogP contribution in [0.15, 0.2) is 30.3 Å². The molecule has 7 nitrogen and oxygen atoms in total. The zero-order valence-corrected chi connectivity index (χ0v) is 15.9. The van der Waals surface area contributed by atoms with Crippen LogP contribution in [0.2, 0.25) is 0 Å². The van der Waals surface area contributed by atoms with Gasteiger partial charge in [0.2, 0.25) is 5.75 Å². The fourth-order valence-electron chi connectivity index (χ4n) is 3.16. The first kappa shape index (κ1) is 18.8. The van der Waals surface area contributed by atoms with Gasteiger partial charge in [-0.15, -0.1) is 0 Å². The highest BCUT2D eigenvalue weighted by Gasteiger charge is 2.39. The predicted octanol–water partition coefficient (Wildman–Crippen LogP) is 3.05. The van der Waals surface area contributed by atoms with Crippen LogP contribution < -0.4 is 23.7 Å². The van der Waals surface area contributed by atoms with Crippen molar-refractivity contribution in [3.63, 3.8) is 0 Å². The standard InChI is InChI=1S/C20H22O7/c1-22-12-6-7-13-14(10-12)27-18(20(26-5)17(13)21)11-8-15(23-2)19(25-4)16(9-11)24-3/h6-10,18,20H,1-5H3. The minimum atomic E-state index is -0.811. The van der Waals surface area contributed by atoms with Crippen LogP contribution in [0.5, 0.6) is 28.7 Å². The Hall–Kier alpha value is -2.93. The number of fused-ring (bicyclic) bond motifs is 1. The largest absolute Gasteiger partial charge is 0.497 e. The van der Waals surface area contributed by atoms with Crippen molar-refractivity contribution in [3.8, 4) is 28.7 Å². The molecule has 1 heterocycles. The number of ketones is 1. The molecule has 0 saturated carbocycles. The number of carbonyl (C=O) groups is 1. The molecule has 0 aromatic heterocycles. The summed E-state index contributed by atoms with van der Waals surface area (Å²) < 4.78 is 33.0. The summed E-state index contributed by atoms with van der Waals surface area (Å²) in [6.07, 6.45) is -1.50. The number of rotatable bonds is 6. The highest BCUT2D eigenvalue weighted by molar-refractivity contribution is 6.03. The molecule has 1 aliphatic heterocycles. The average molecular weight is 374 g/mol. The third-order valence-electron chi connectivity index (χ3n) is 4.51. The number of hydrogen-bond donors (Lipinski definition) is 0. The summed E-state index contributed by atoms with van der Waals surface area (Å²) in [6, 6.07) is 8.57. The van der Waals surface area contributed by atoms with Crippen molar-refractivity contribution in [2.75, 3.05) is 35.5 Å². The molecule has 0 fully saturated rings. The molecule has 7 heteroatoms. The first-order valence-corrected chi connectivity index (χ1v) is 8.29. The van der Waals surface area contributed by atoms with E-state index in [4.69, 9.17) is 28.4 Å². The number of carbonyl (C=O) groups excluding carboxylic acids is 1. The van der Waals surface area contributed by atoms with Gasteiger partial charge in [0.1, 0.15) is 11.5 Å². The number of benzene rings is 2. The van der Waals surface area contributed by atoms with Gasteiger partial charge < -0.3 is 28.4 Å². The Kier molecular flexibility index (Phi) is 5.41. The minimum absolute atomic E-state index is 0.167. The third kappa shape index (κ3) is 3.26. The Morgan fingerprint density at radius 3 is 2.04 bits per heavy atom. The first-order chi connectivity index (χ1) is 13.1. The quantitative estimate of drug-likeness (QED) is 0.769. The zero-order chi connectivity index (χ0) is 19.6. The summed E-state index contributed by atoms with van der Waals surface area (Å²) in [5.74, 6) is 2.26. The molecule has 27 heavy (non-hydrogen) atoms. The molecule has 0 N–H and O–H groups in total. The lowest BCUT2D eigenvalue weighted by atomic mass is 9.93. The van der Waals surface area contributed by atoms with Gasteiger partial charge in [0.15, 0.2) is 29.5 Å². The van der Waals surface area contributed by atoms with Gasteiger partial charge in [0.25, 0.3) is 0 Å². The average Bonchev–Trinajstić information content (AvgIpc) is 2.71. The molecule has 1 aliphatic rings. The second-order valence-corrected chi connectivity index (χ2v) is 5.88. The maximum Gasteiger partial charge on any atom is 0.203 e. The van der Waals surface area contributed by atoms with Gasteiger partial charge in [-0.05, 0) is 24.3 Å². The monoisotopic (exact) mass is 374 g/mol. The molecule has 2 atom stereocenters. The Balaban J connectivity index is 2.11. The summed E-state index contributed by atoms with van der Waals surface area (Å²) >= 11 is 0. The third-order valence-corrected chi connectivity index (χ3v) is 4.51. The lowest BCUT2D eigenvalue weighted by Gasteiger charge is -2.32. The summed E-state index contributed by atoms with van der Waals surface area (Å²) in [6.45, 7) is 0. The van der Waals surface area contributed by atoms with Crippen LogP contribution in [0.25, 0.3) is 0 Å². The number of ether oxygens (including phenoxy) is 6. The Labute approximate surface area is 157 Å². The second-order valence-electron chi connectivity index (χ2n) is 5.88. The Bertz CT molecular complexity index is 821. The van der Waals surface area contributed by atoms with Gasteiger partial charge in [0.05, 0.1) is 34.0 Å². The molecular formula is C20H22O7. The molecule has 0 spiro atoms. The fraction of sp³-hybridized carbons (Fsp3) is 0.350. The van der Waals surface area contributed by atoms with E-state index in [2.05, 4.69) is 0 Å². The first-order valence-electron chi connectivity index (χ1n) is 8.29. The molecule has 0 saturated heterocycles. The van der Waals surface area contributed by atoms with E-state index in [1.807, 2.05) is 0 Å². The van der Waals surface area contributed by atoms with Crippen molar-refractivity contribution in [2.24, 2.45) is 0 Å². The van der Waals surface area contributed by atoms with Crippen LogP contribution in [0, 0.1) is 0 Å². The zero-order valence-electron chi connectivity index (χ0n) is 15.9. The molecule has 0 amide bonds. The van der Waals surface area contributed by atoms with Crippen molar-refractivity contribution in [1.82, 2.24) is 0 Å². The number of methoxy groups -OCH3 is 5. The molecule has 3 rings (SSSR count). The van der Waals surface area contributed by atoms with E-state index in [0.29, 0.717) is 39.9 Å². The SMILES string of the molecule is COc1ccc2c(c1)OC(c1cc(OC)c(OC)c(OC)c1)C(OC)C2=O. The van der Waals surface area contributed by atoms with Crippen LogP contribution in [0.4, 0.5) is 0 Å². The van der Waals surface area contributed by atoms with Crippen molar-refractivity contribution >= 4 is 5.78 Å². The molecule has 0 aliphatic carbocycles. The Morgan fingerprint density at radius 2 is 1.52 bits per heavy atom. The number of hydrogen-bond acceptors (Lipinski definition) is 7. The lowest BCUT2D eigenvalue weighted by molar-refractivity contribution is -0.000834. The van der Waals surface area contributed by atoms with Gasteiger partial charge in [-0.25, -0.2) is 0 Å². The van der Waals surface area contributed by atoms with E-state index in [-0.39, 0.29) is 5.78 Å². The van der Waals surface area contributed by atoms with Crippen molar-refractivity contribution < 1.29 is 33.2 Å². The smallest absolute Gasteiger partial charge is 0.203 e. The van der Waals surface area contributed by atoms with Crippen LogP contribution in [-0.2, 0) is 4.74 Å². The Morgan fingerprint density at radius 1 is 0.852 bits per heavy atom. The topological polar surface area (TPSA) is 72.5 Å². The molecule has 2 aromatic carbocycles. The maximum atomic E-state index is 12.9. The van der Waals surface area contributed by atoms with E-state index in [1.165, 1.54) is 28.4 Å². The molecule has 2 aromatic rings. The predicted molar refractivity (Wildman–Crippen MR) is 97.6 cm³/mol. The van der Waals surface area contributed by atoms with Crippen LogP contribution in [-0.4, -0.2) is 47.4 Å². The van der Waals surface area contributed by atoms with Gasteiger partial charge in [0, 0.05) is 18.7 Å². The molecule has 0 radical (unpaired) electrons. The normalized spacial score (nSPS) is 18.3. The van der Waals surface area contributed by atoms with Crippen LogP contribution in [0.1, 0.15) is 22.0 Å². The van der Waals surface area contributed by atoms with Crippen LogP contribution in [0.3, 0.4) is 0 Å². The van der Waals surface area contributed by atoms with Gasteiger partial charge >= 0.3 is 0 Å². The van der Waals surface area contributed by atoms with E-state index in [9.17, 15) is 4.79 Å². The maximum absolute atomic E-state index is 12.9. The van der Waals surface area contributed by atoms with Crippen LogP contribution >= 0.6 is 0 Å². The summed E-state index contributed by atoms with van der Waals surface area (Å²) in [5, 5.41) is 0. The van der Waals surface area contributed by atoms with Crippen molar-refractivity contribution in [3.05, 3.63) is 41.5 Å². The van der Waals surface area contributed by atoms with Gasteiger partial charge in [-0.2, -0.15) is 0 Å². The summed E-state index contributed by atoms with van der Waals surface area (Å²) in [7, 11) is 7.62. The molecule has 2 unspecified atom stereocenters. The van der Waals surface area contributed by atoms with Gasteiger partial charge in [-0.1, -0.05) is 0 Å². The van der Waals surface area contributed by atoms with E-state index < -0.39 is 12.2 Å². The summed E-state index contributed by atoms with van der Waals surface area (Å²) in [4.78, 5) is 12.9. The van der Waals surface area contributed by atoms with E-state index in [0.717, 1.165) is 0 Å². The molecular weight excluding hydrogens is 352 g/mol. The number of Topliss-reactive ketones (excluding diaryl/α,β-unsaturated/α-hetero) is 1. The van der Waals surface area contributed by atoms with Crippen molar-refractivity contribution in [2.45, 2.75) is 12.2 Å². The molecule has 144 valence electrons. The van der Waals surface area contributed by atoms with Gasteiger partial charge in [-0.3, -0.25) is 4.79 Å². The second kappa shape index (κ2) is 7.75. The minimum Gasteiger partial charge on any atom is -0.497 e. The lowest BCUT2D eigenvalue weighted by Crippen LogP contribution is -2.37. The highest BCUT2D eigenvalue weighted by Crippen LogP contribution is 2.44. The summed E-state index contributed by atoms with van der Waals surface area (Å²) in [5.41, 5.74) is 1.12. The molecule has 0 bridgehead atoms. The van der Waals surface area contributed by atoms with E-state index in [1.54, 1.807) is 37.4 Å². The fourth-order valence-corrected chi connectivity index (χ4v) is 3.16. The van der Waals surface area contributed by atoms with E-state index >= 15 is 0 Å². The highest BCUT2D eigenvalue weighted by atomic mass is 16.5.